The molecule has 0 spiro atoms. The molecule has 0 amide bonds. The minimum atomic E-state index is 0.504. The van der Waals surface area contributed by atoms with Crippen molar-refractivity contribution in [3.63, 3.8) is 0 Å². The lowest BCUT2D eigenvalue weighted by Gasteiger charge is -1.90. The first-order valence-electron chi connectivity index (χ1n) is 4.61. The number of imidazole rings is 1. The van der Waals surface area contributed by atoms with Crippen LogP contribution in [0.25, 0.3) is 4.96 Å². The van der Waals surface area contributed by atoms with E-state index in [1.165, 1.54) is 11.3 Å². The molecule has 2 aromatic rings. The van der Waals surface area contributed by atoms with Crippen LogP contribution in [0.2, 0.25) is 0 Å². The van der Waals surface area contributed by atoms with Crippen LogP contribution >= 0.6 is 11.3 Å². The van der Waals surface area contributed by atoms with E-state index in [9.17, 15) is 4.79 Å². The summed E-state index contributed by atoms with van der Waals surface area (Å²) in [6, 6.07) is 0. The third-order valence-electron chi connectivity index (χ3n) is 2.44. The summed E-state index contributed by atoms with van der Waals surface area (Å²) in [4.78, 5) is 16.2. The topological polar surface area (TPSA) is 47.3 Å². The Morgan fingerprint density at radius 3 is 3.00 bits per heavy atom. The second-order valence-electron chi connectivity index (χ2n) is 3.59. The molecule has 4 nitrogen and oxygen atoms in total. The zero-order valence-corrected chi connectivity index (χ0v) is 8.54. The van der Waals surface area contributed by atoms with Crippen molar-refractivity contribution in [3.8, 4) is 0 Å². The molecule has 0 radical (unpaired) electrons. The highest BCUT2D eigenvalue weighted by Gasteiger charge is 2.30. The molecule has 0 atom stereocenters. The predicted molar refractivity (Wildman–Crippen MR) is 53.0 cm³/mol. The summed E-state index contributed by atoms with van der Waals surface area (Å²) in [5, 5.41) is 5.20. The van der Waals surface area contributed by atoms with E-state index in [0.717, 1.165) is 34.8 Å². The standard InChI is InChI=1S/C9H9N3OS/c1-5-11-12-7(4-13)8(6-2-3-6)10-9(12)14-5/h4,6H,2-3H2,1H3. The molecule has 72 valence electrons. The van der Waals surface area contributed by atoms with Gasteiger partial charge in [-0.3, -0.25) is 4.79 Å². The third-order valence-corrected chi connectivity index (χ3v) is 3.27. The van der Waals surface area contributed by atoms with Crippen molar-refractivity contribution < 1.29 is 4.79 Å². The van der Waals surface area contributed by atoms with Crippen molar-refractivity contribution in [2.45, 2.75) is 25.7 Å². The first kappa shape index (κ1) is 8.11. The maximum absolute atomic E-state index is 10.9. The fourth-order valence-electron chi connectivity index (χ4n) is 1.64. The van der Waals surface area contributed by atoms with Crippen molar-refractivity contribution in [2.75, 3.05) is 0 Å². The molecule has 1 fully saturated rings. The minimum absolute atomic E-state index is 0.504. The van der Waals surface area contributed by atoms with Crippen LogP contribution in [0.15, 0.2) is 0 Å². The molecule has 3 rings (SSSR count). The Labute approximate surface area is 84.6 Å². The number of carbonyl (C=O) groups excluding carboxylic acids is 1. The number of aldehydes is 1. The van der Waals surface area contributed by atoms with Gasteiger partial charge in [0.1, 0.15) is 10.7 Å². The summed E-state index contributed by atoms with van der Waals surface area (Å²) in [6.07, 6.45) is 3.18. The van der Waals surface area contributed by atoms with Crippen LogP contribution < -0.4 is 0 Å². The molecule has 0 aromatic carbocycles. The van der Waals surface area contributed by atoms with Gasteiger partial charge in [0.05, 0.1) is 5.69 Å². The van der Waals surface area contributed by atoms with Crippen molar-refractivity contribution in [2.24, 2.45) is 0 Å². The van der Waals surface area contributed by atoms with E-state index in [1.807, 2.05) is 6.92 Å². The lowest BCUT2D eigenvalue weighted by Crippen LogP contribution is -1.95. The monoisotopic (exact) mass is 207 g/mol. The maximum atomic E-state index is 10.9. The number of rotatable bonds is 2. The zero-order valence-electron chi connectivity index (χ0n) is 7.73. The van der Waals surface area contributed by atoms with E-state index in [-0.39, 0.29) is 0 Å². The van der Waals surface area contributed by atoms with Gasteiger partial charge in [-0.15, -0.1) is 0 Å². The highest BCUT2D eigenvalue weighted by atomic mass is 32.1. The van der Waals surface area contributed by atoms with Crippen molar-refractivity contribution >= 4 is 22.6 Å². The largest absolute Gasteiger partial charge is 0.296 e. The number of hydrogen-bond acceptors (Lipinski definition) is 4. The van der Waals surface area contributed by atoms with Crippen LogP contribution in [0.3, 0.4) is 0 Å². The molecular weight excluding hydrogens is 198 g/mol. The van der Waals surface area contributed by atoms with Crippen LogP contribution in [-0.2, 0) is 0 Å². The van der Waals surface area contributed by atoms with Crippen LogP contribution in [0, 0.1) is 6.92 Å². The van der Waals surface area contributed by atoms with Crippen LogP contribution in [0.1, 0.15) is 39.9 Å². The Bertz CT molecular complexity index is 509. The normalized spacial score (nSPS) is 16.4. The molecule has 1 aliphatic rings. The van der Waals surface area contributed by atoms with Gasteiger partial charge in [-0.1, -0.05) is 11.3 Å². The predicted octanol–water partition coefficient (Wildman–Crippen LogP) is 1.79. The number of aryl methyl sites for hydroxylation is 1. The average Bonchev–Trinajstić information content (AvgIpc) is 2.85. The molecule has 0 unspecified atom stereocenters. The number of nitrogens with zero attached hydrogens (tertiary/aromatic N) is 3. The Morgan fingerprint density at radius 2 is 2.36 bits per heavy atom. The SMILES string of the molecule is Cc1nn2c(C=O)c(C3CC3)nc2s1. The van der Waals surface area contributed by atoms with E-state index in [4.69, 9.17) is 0 Å². The molecule has 5 heteroatoms. The van der Waals surface area contributed by atoms with E-state index in [0.29, 0.717) is 11.6 Å². The number of carbonyl (C=O) groups is 1. The van der Waals surface area contributed by atoms with Gasteiger partial charge in [0.25, 0.3) is 0 Å². The molecule has 0 saturated heterocycles. The number of hydrogen-bond donors (Lipinski definition) is 0. The molecule has 14 heavy (non-hydrogen) atoms. The Balaban J connectivity index is 2.29. The van der Waals surface area contributed by atoms with Gasteiger partial charge in [-0.2, -0.15) is 9.61 Å². The summed E-state index contributed by atoms with van der Waals surface area (Å²) >= 11 is 1.53. The van der Waals surface area contributed by atoms with Gasteiger partial charge >= 0.3 is 0 Å². The fourth-order valence-corrected chi connectivity index (χ4v) is 2.40. The fraction of sp³-hybridized carbons (Fsp3) is 0.444. The molecule has 0 N–H and O–H groups in total. The number of fused-ring (bicyclic) bond motifs is 1. The first-order chi connectivity index (χ1) is 6.79. The molecule has 0 bridgehead atoms. The summed E-state index contributed by atoms with van der Waals surface area (Å²) in [5.41, 5.74) is 1.59. The Morgan fingerprint density at radius 1 is 1.57 bits per heavy atom. The summed E-state index contributed by atoms with van der Waals surface area (Å²) < 4.78 is 1.67. The second-order valence-corrected chi connectivity index (χ2v) is 4.75. The first-order valence-corrected chi connectivity index (χ1v) is 5.42. The quantitative estimate of drug-likeness (QED) is 0.705. The molecular formula is C9H9N3OS. The average molecular weight is 207 g/mol. The van der Waals surface area contributed by atoms with Gasteiger partial charge < -0.3 is 0 Å². The van der Waals surface area contributed by atoms with Gasteiger partial charge in [-0.25, -0.2) is 4.98 Å². The zero-order chi connectivity index (χ0) is 9.71. The molecule has 1 saturated carbocycles. The Hall–Kier alpha value is -1.23. The molecule has 0 aliphatic heterocycles. The van der Waals surface area contributed by atoms with Crippen LogP contribution in [0.5, 0.6) is 0 Å². The van der Waals surface area contributed by atoms with Gasteiger partial charge in [0.15, 0.2) is 6.29 Å². The molecule has 2 aromatic heterocycles. The molecule has 1 aliphatic carbocycles. The van der Waals surface area contributed by atoms with Crippen LogP contribution in [-0.4, -0.2) is 20.9 Å². The summed E-state index contributed by atoms with van der Waals surface area (Å²) in [7, 11) is 0. The van der Waals surface area contributed by atoms with Gasteiger partial charge in [0, 0.05) is 5.92 Å². The second kappa shape index (κ2) is 2.63. The highest BCUT2D eigenvalue weighted by molar-refractivity contribution is 7.16. The van der Waals surface area contributed by atoms with E-state index in [1.54, 1.807) is 4.52 Å². The van der Waals surface area contributed by atoms with Crippen LogP contribution in [0.4, 0.5) is 0 Å². The van der Waals surface area contributed by atoms with Crippen molar-refractivity contribution in [1.82, 2.24) is 14.6 Å². The van der Waals surface area contributed by atoms with E-state index >= 15 is 0 Å². The van der Waals surface area contributed by atoms with Crippen molar-refractivity contribution in [1.29, 1.82) is 0 Å². The smallest absolute Gasteiger partial charge is 0.213 e. The summed E-state index contributed by atoms with van der Waals surface area (Å²) in [6.45, 7) is 1.92. The van der Waals surface area contributed by atoms with Gasteiger partial charge in [0.2, 0.25) is 4.96 Å². The molecule has 2 heterocycles. The minimum Gasteiger partial charge on any atom is -0.296 e. The lowest BCUT2D eigenvalue weighted by molar-refractivity contribution is 0.111. The highest BCUT2D eigenvalue weighted by Crippen LogP contribution is 2.41. The van der Waals surface area contributed by atoms with Gasteiger partial charge in [-0.05, 0) is 19.8 Å². The Kier molecular flexibility index (Phi) is 1.53. The maximum Gasteiger partial charge on any atom is 0.213 e. The van der Waals surface area contributed by atoms with Crippen molar-refractivity contribution in [3.05, 3.63) is 16.4 Å². The number of aromatic nitrogens is 3. The lowest BCUT2D eigenvalue weighted by atomic mass is 10.2. The third kappa shape index (κ3) is 1.02. The summed E-state index contributed by atoms with van der Waals surface area (Å²) in [5.74, 6) is 0.504. The van der Waals surface area contributed by atoms with E-state index < -0.39 is 0 Å². The van der Waals surface area contributed by atoms with E-state index in [2.05, 4.69) is 10.1 Å².